The monoisotopic (exact) mass is 315 g/mol. The number of nitrogen functional groups attached to an aromatic ring is 1. The fourth-order valence-corrected chi connectivity index (χ4v) is 2.96. The SMILES string of the molecule is Cc1cccc(-n2nnc(C(=O)NCC[NH+]3CCCC3)c2N)c1. The molecule has 1 aromatic heterocycles. The molecular weight excluding hydrogens is 292 g/mol. The first-order valence-electron chi connectivity index (χ1n) is 8.05. The van der Waals surface area contributed by atoms with Gasteiger partial charge in [-0.1, -0.05) is 17.3 Å². The second kappa shape index (κ2) is 6.78. The van der Waals surface area contributed by atoms with Crippen molar-refractivity contribution in [1.82, 2.24) is 20.3 Å². The second-order valence-corrected chi connectivity index (χ2v) is 6.04. The Bertz CT molecular complexity index is 690. The maximum atomic E-state index is 12.2. The molecule has 1 saturated heterocycles. The van der Waals surface area contributed by atoms with Crippen molar-refractivity contribution >= 4 is 11.7 Å². The van der Waals surface area contributed by atoms with Crippen LogP contribution in [0.1, 0.15) is 28.9 Å². The molecule has 0 bridgehead atoms. The molecule has 1 aliphatic rings. The number of aryl methyl sites for hydroxylation is 1. The van der Waals surface area contributed by atoms with Crippen LogP contribution in [-0.4, -0.2) is 47.1 Å². The van der Waals surface area contributed by atoms with Gasteiger partial charge in [-0.3, -0.25) is 4.79 Å². The van der Waals surface area contributed by atoms with Gasteiger partial charge in [0.05, 0.1) is 31.9 Å². The molecule has 1 aliphatic heterocycles. The van der Waals surface area contributed by atoms with Gasteiger partial charge < -0.3 is 16.0 Å². The molecule has 0 saturated carbocycles. The normalized spacial score (nSPS) is 15.0. The van der Waals surface area contributed by atoms with Crippen LogP contribution < -0.4 is 16.0 Å². The number of carbonyl (C=O) groups excluding carboxylic acids is 1. The lowest BCUT2D eigenvalue weighted by Crippen LogP contribution is -3.10. The molecule has 0 spiro atoms. The van der Waals surface area contributed by atoms with E-state index in [0.29, 0.717) is 6.54 Å². The Morgan fingerprint density at radius 1 is 1.39 bits per heavy atom. The van der Waals surface area contributed by atoms with Crippen molar-refractivity contribution in [2.75, 3.05) is 31.9 Å². The molecule has 2 heterocycles. The van der Waals surface area contributed by atoms with Gasteiger partial charge in [0.2, 0.25) is 0 Å². The molecular formula is C16H23N6O+. The molecule has 0 atom stereocenters. The van der Waals surface area contributed by atoms with Gasteiger partial charge in [-0.25, -0.2) is 0 Å². The number of nitrogens with zero attached hydrogens (tertiary/aromatic N) is 3. The van der Waals surface area contributed by atoms with E-state index in [0.717, 1.165) is 17.8 Å². The van der Waals surface area contributed by atoms with Crippen molar-refractivity contribution in [3.05, 3.63) is 35.5 Å². The van der Waals surface area contributed by atoms with Crippen LogP contribution >= 0.6 is 0 Å². The van der Waals surface area contributed by atoms with Crippen LogP contribution in [0.15, 0.2) is 24.3 Å². The molecule has 1 aromatic carbocycles. The van der Waals surface area contributed by atoms with Crippen molar-refractivity contribution in [3.63, 3.8) is 0 Å². The van der Waals surface area contributed by atoms with Gasteiger partial charge in [-0.15, -0.1) is 5.10 Å². The Morgan fingerprint density at radius 3 is 2.91 bits per heavy atom. The van der Waals surface area contributed by atoms with Crippen LogP contribution in [0.5, 0.6) is 0 Å². The van der Waals surface area contributed by atoms with Crippen LogP contribution in [0.4, 0.5) is 5.82 Å². The molecule has 7 heteroatoms. The van der Waals surface area contributed by atoms with Gasteiger partial charge in [0.1, 0.15) is 0 Å². The first-order chi connectivity index (χ1) is 11.1. The minimum Gasteiger partial charge on any atom is -0.382 e. The van der Waals surface area contributed by atoms with Gasteiger partial charge in [0, 0.05) is 12.8 Å². The molecule has 122 valence electrons. The zero-order valence-corrected chi connectivity index (χ0v) is 13.4. The highest BCUT2D eigenvalue weighted by atomic mass is 16.2. The van der Waals surface area contributed by atoms with E-state index in [2.05, 4.69) is 15.6 Å². The Hall–Kier alpha value is -2.41. The summed E-state index contributed by atoms with van der Waals surface area (Å²) >= 11 is 0. The molecule has 3 rings (SSSR count). The van der Waals surface area contributed by atoms with E-state index in [-0.39, 0.29) is 17.4 Å². The van der Waals surface area contributed by atoms with E-state index in [1.165, 1.54) is 30.6 Å². The highest BCUT2D eigenvalue weighted by Crippen LogP contribution is 2.15. The number of hydrogen-bond acceptors (Lipinski definition) is 4. The van der Waals surface area contributed by atoms with Crippen molar-refractivity contribution < 1.29 is 9.69 Å². The number of carbonyl (C=O) groups is 1. The summed E-state index contributed by atoms with van der Waals surface area (Å²) in [6.07, 6.45) is 2.56. The number of aromatic nitrogens is 3. The molecule has 23 heavy (non-hydrogen) atoms. The Kier molecular flexibility index (Phi) is 4.57. The molecule has 2 aromatic rings. The van der Waals surface area contributed by atoms with Gasteiger partial charge in [0.25, 0.3) is 5.91 Å². The third-order valence-electron chi connectivity index (χ3n) is 4.24. The van der Waals surface area contributed by atoms with Crippen molar-refractivity contribution in [2.24, 2.45) is 0 Å². The second-order valence-electron chi connectivity index (χ2n) is 6.04. The Labute approximate surface area is 135 Å². The van der Waals surface area contributed by atoms with Gasteiger partial charge in [-0.05, 0) is 24.6 Å². The minimum atomic E-state index is -0.264. The lowest BCUT2D eigenvalue weighted by Gasteiger charge is -2.11. The first-order valence-corrected chi connectivity index (χ1v) is 8.05. The predicted octanol–water partition coefficient (Wildman–Crippen LogP) is -0.434. The number of benzene rings is 1. The van der Waals surface area contributed by atoms with E-state index < -0.39 is 0 Å². The molecule has 7 nitrogen and oxygen atoms in total. The fourth-order valence-electron chi connectivity index (χ4n) is 2.96. The maximum absolute atomic E-state index is 12.2. The van der Waals surface area contributed by atoms with Crippen LogP contribution in [0.25, 0.3) is 5.69 Å². The van der Waals surface area contributed by atoms with Crippen molar-refractivity contribution in [1.29, 1.82) is 0 Å². The van der Waals surface area contributed by atoms with Gasteiger partial charge in [-0.2, -0.15) is 4.68 Å². The summed E-state index contributed by atoms with van der Waals surface area (Å²) in [4.78, 5) is 13.8. The minimum absolute atomic E-state index is 0.183. The van der Waals surface area contributed by atoms with Crippen LogP contribution in [0, 0.1) is 6.92 Å². The number of anilines is 1. The van der Waals surface area contributed by atoms with Crippen molar-refractivity contribution in [3.8, 4) is 5.69 Å². The maximum Gasteiger partial charge on any atom is 0.275 e. The number of hydrogen-bond donors (Lipinski definition) is 3. The molecule has 4 N–H and O–H groups in total. The molecule has 1 amide bonds. The van der Waals surface area contributed by atoms with Crippen LogP contribution in [0.3, 0.4) is 0 Å². The summed E-state index contributed by atoms with van der Waals surface area (Å²) in [5.74, 6) is 0.00150. The van der Waals surface area contributed by atoms with E-state index in [1.54, 1.807) is 4.90 Å². The topological polar surface area (TPSA) is 90.3 Å². The zero-order chi connectivity index (χ0) is 16.2. The molecule has 0 unspecified atom stereocenters. The summed E-state index contributed by atoms with van der Waals surface area (Å²) in [5.41, 5.74) is 8.13. The van der Waals surface area contributed by atoms with Gasteiger partial charge in [0.15, 0.2) is 11.5 Å². The Balaban J connectivity index is 1.65. The number of rotatable bonds is 5. The summed E-state index contributed by atoms with van der Waals surface area (Å²) < 4.78 is 1.49. The van der Waals surface area contributed by atoms with Crippen LogP contribution in [-0.2, 0) is 0 Å². The van der Waals surface area contributed by atoms with E-state index in [1.807, 2.05) is 31.2 Å². The largest absolute Gasteiger partial charge is 0.382 e. The zero-order valence-electron chi connectivity index (χ0n) is 13.4. The van der Waals surface area contributed by atoms with E-state index in [4.69, 9.17) is 5.73 Å². The summed E-state index contributed by atoms with van der Waals surface area (Å²) in [6, 6.07) is 7.75. The third-order valence-corrected chi connectivity index (χ3v) is 4.24. The Morgan fingerprint density at radius 2 is 2.17 bits per heavy atom. The third kappa shape index (κ3) is 3.50. The number of nitrogens with two attached hydrogens (primary N) is 1. The number of quaternary nitrogens is 1. The summed E-state index contributed by atoms with van der Waals surface area (Å²) in [5, 5.41) is 10.8. The standard InChI is InChI=1S/C16H22N6O/c1-12-5-4-6-13(11-12)22-15(17)14(19-20-22)16(23)18-7-10-21-8-2-3-9-21/h4-6,11H,2-3,7-10,17H2,1H3,(H,18,23)/p+1. The van der Waals surface area contributed by atoms with Crippen LogP contribution in [0.2, 0.25) is 0 Å². The summed E-state index contributed by atoms with van der Waals surface area (Å²) in [6.45, 7) is 5.95. The quantitative estimate of drug-likeness (QED) is 0.698. The van der Waals surface area contributed by atoms with E-state index >= 15 is 0 Å². The fraction of sp³-hybridized carbons (Fsp3) is 0.438. The van der Waals surface area contributed by atoms with E-state index in [9.17, 15) is 4.79 Å². The molecule has 1 fully saturated rings. The van der Waals surface area contributed by atoms with Gasteiger partial charge >= 0.3 is 0 Å². The smallest absolute Gasteiger partial charge is 0.275 e. The lowest BCUT2D eigenvalue weighted by molar-refractivity contribution is -0.886. The molecule has 0 aliphatic carbocycles. The summed E-state index contributed by atoms with van der Waals surface area (Å²) in [7, 11) is 0. The number of amides is 1. The predicted molar refractivity (Wildman–Crippen MR) is 87.6 cm³/mol. The average molecular weight is 315 g/mol. The highest BCUT2D eigenvalue weighted by Gasteiger charge is 2.19. The van der Waals surface area contributed by atoms with Crippen molar-refractivity contribution in [2.45, 2.75) is 19.8 Å². The number of nitrogens with one attached hydrogen (secondary N) is 2. The number of likely N-dealkylation sites (tertiary alicyclic amines) is 1. The first kappa shape index (κ1) is 15.5. The highest BCUT2D eigenvalue weighted by molar-refractivity contribution is 5.96. The average Bonchev–Trinajstić information content (AvgIpc) is 3.17. The molecule has 0 radical (unpaired) electrons. The lowest BCUT2D eigenvalue weighted by atomic mass is 10.2.